The van der Waals surface area contributed by atoms with Crippen LogP contribution in [0.3, 0.4) is 0 Å². The first kappa shape index (κ1) is 11.2. The Kier molecular flexibility index (Phi) is 3.31. The van der Waals surface area contributed by atoms with Gasteiger partial charge < -0.3 is 0 Å². The van der Waals surface area contributed by atoms with Crippen molar-refractivity contribution < 1.29 is 9.18 Å². The topological polar surface area (TPSA) is 30.0 Å². The van der Waals surface area contributed by atoms with Crippen LogP contribution in [0.15, 0.2) is 29.8 Å². The molecule has 2 nitrogen and oxygen atoms in total. The van der Waals surface area contributed by atoms with Crippen LogP contribution in [0.5, 0.6) is 0 Å². The number of aromatic nitrogens is 1. The molecule has 82 valence electrons. The van der Waals surface area contributed by atoms with Crippen molar-refractivity contribution in [3.8, 4) is 0 Å². The van der Waals surface area contributed by atoms with Gasteiger partial charge in [0, 0.05) is 17.1 Å². The van der Waals surface area contributed by atoms with Crippen LogP contribution in [0.4, 0.5) is 4.39 Å². The maximum absolute atomic E-state index is 13.1. The molecule has 1 aromatic heterocycles. The largest absolute Gasteiger partial charge is 0.294 e. The van der Waals surface area contributed by atoms with Gasteiger partial charge >= 0.3 is 0 Å². The highest BCUT2D eigenvalue weighted by molar-refractivity contribution is 7.09. The first-order valence-corrected chi connectivity index (χ1v) is 5.79. The van der Waals surface area contributed by atoms with E-state index in [1.54, 1.807) is 11.6 Å². The molecule has 1 aromatic carbocycles. The molecule has 0 saturated heterocycles. The minimum atomic E-state index is -0.577. The van der Waals surface area contributed by atoms with Crippen LogP contribution in [-0.4, -0.2) is 10.8 Å². The van der Waals surface area contributed by atoms with Gasteiger partial charge in [-0.1, -0.05) is 11.6 Å². The van der Waals surface area contributed by atoms with Gasteiger partial charge in [0.1, 0.15) is 10.8 Å². The van der Waals surface area contributed by atoms with Crippen molar-refractivity contribution in [2.24, 2.45) is 0 Å². The van der Waals surface area contributed by atoms with Gasteiger partial charge in [0.05, 0.1) is 11.4 Å². The Morgan fingerprint density at radius 3 is 2.94 bits per heavy atom. The molecule has 5 heteroatoms. The highest BCUT2D eigenvalue weighted by Crippen LogP contribution is 2.17. The van der Waals surface area contributed by atoms with Crippen molar-refractivity contribution in [2.75, 3.05) is 0 Å². The van der Waals surface area contributed by atoms with Crippen LogP contribution in [0.2, 0.25) is 5.02 Å². The van der Waals surface area contributed by atoms with Crippen molar-refractivity contribution >= 4 is 28.7 Å². The van der Waals surface area contributed by atoms with E-state index < -0.39 is 5.82 Å². The van der Waals surface area contributed by atoms with E-state index in [0.717, 1.165) is 11.1 Å². The summed E-state index contributed by atoms with van der Waals surface area (Å²) in [6, 6.07) is 4.05. The van der Waals surface area contributed by atoms with Gasteiger partial charge in [-0.05, 0) is 18.2 Å². The number of nitrogens with zero attached hydrogens (tertiary/aromatic N) is 1. The van der Waals surface area contributed by atoms with E-state index in [-0.39, 0.29) is 17.2 Å². The van der Waals surface area contributed by atoms with Gasteiger partial charge in [-0.2, -0.15) is 0 Å². The third-order valence-corrected chi connectivity index (χ3v) is 3.12. The standard InChI is InChI=1S/C11H7ClFNOS/c12-8-2-1-7(5-9(8)13)10(15)6-11-14-3-4-16-11/h1-5H,6H2. The molecular weight excluding hydrogens is 249 g/mol. The molecule has 16 heavy (non-hydrogen) atoms. The van der Waals surface area contributed by atoms with Crippen molar-refractivity contribution in [1.82, 2.24) is 4.98 Å². The maximum Gasteiger partial charge on any atom is 0.169 e. The van der Waals surface area contributed by atoms with E-state index in [0.29, 0.717) is 5.56 Å². The number of Topliss-reactive ketones (excluding diaryl/α,β-unsaturated/α-hetero) is 1. The number of benzene rings is 1. The van der Waals surface area contributed by atoms with Gasteiger partial charge in [-0.15, -0.1) is 11.3 Å². The van der Waals surface area contributed by atoms with Crippen LogP contribution in [-0.2, 0) is 6.42 Å². The molecule has 0 saturated carbocycles. The van der Waals surface area contributed by atoms with E-state index in [9.17, 15) is 9.18 Å². The summed E-state index contributed by atoms with van der Waals surface area (Å²) in [5.74, 6) is -0.739. The predicted octanol–water partition coefficient (Wildman–Crippen LogP) is 3.36. The predicted molar refractivity (Wildman–Crippen MR) is 61.6 cm³/mol. The zero-order valence-corrected chi connectivity index (χ0v) is 9.69. The van der Waals surface area contributed by atoms with Gasteiger partial charge in [-0.25, -0.2) is 9.37 Å². The van der Waals surface area contributed by atoms with Crippen LogP contribution >= 0.6 is 22.9 Å². The smallest absolute Gasteiger partial charge is 0.169 e. The lowest BCUT2D eigenvalue weighted by Crippen LogP contribution is -2.03. The van der Waals surface area contributed by atoms with Crippen molar-refractivity contribution in [2.45, 2.75) is 6.42 Å². The van der Waals surface area contributed by atoms with Gasteiger partial charge in [-0.3, -0.25) is 4.79 Å². The van der Waals surface area contributed by atoms with Crippen LogP contribution in [0.25, 0.3) is 0 Å². The molecule has 0 aliphatic carbocycles. The molecular formula is C11H7ClFNOS. The first-order chi connectivity index (χ1) is 7.66. The second-order valence-electron chi connectivity index (χ2n) is 3.15. The molecule has 0 N–H and O–H groups in total. The van der Waals surface area contributed by atoms with Crippen molar-refractivity contribution in [3.05, 3.63) is 51.2 Å². The number of carbonyl (C=O) groups excluding carboxylic acids is 1. The first-order valence-electron chi connectivity index (χ1n) is 4.53. The lowest BCUT2D eigenvalue weighted by molar-refractivity contribution is 0.0992. The fraction of sp³-hybridized carbons (Fsp3) is 0.0909. The van der Waals surface area contributed by atoms with Gasteiger partial charge in [0.15, 0.2) is 5.78 Å². The molecule has 0 amide bonds. The van der Waals surface area contributed by atoms with Crippen LogP contribution in [0.1, 0.15) is 15.4 Å². The van der Waals surface area contributed by atoms with Gasteiger partial charge in [0.25, 0.3) is 0 Å². The number of rotatable bonds is 3. The number of hydrogen-bond acceptors (Lipinski definition) is 3. The van der Waals surface area contributed by atoms with Crippen molar-refractivity contribution in [1.29, 1.82) is 0 Å². The summed E-state index contributed by atoms with van der Waals surface area (Å²) in [7, 11) is 0. The summed E-state index contributed by atoms with van der Waals surface area (Å²) in [6.07, 6.45) is 1.83. The van der Waals surface area contributed by atoms with E-state index in [1.807, 2.05) is 0 Å². The quantitative estimate of drug-likeness (QED) is 0.787. The Morgan fingerprint density at radius 2 is 2.31 bits per heavy atom. The lowest BCUT2D eigenvalue weighted by atomic mass is 10.1. The average molecular weight is 256 g/mol. The summed E-state index contributed by atoms with van der Waals surface area (Å²) >= 11 is 6.93. The second kappa shape index (κ2) is 4.72. The zero-order valence-electron chi connectivity index (χ0n) is 8.11. The Bertz CT molecular complexity index is 513. The molecule has 0 radical (unpaired) electrons. The monoisotopic (exact) mass is 255 g/mol. The Morgan fingerprint density at radius 1 is 1.50 bits per heavy atom. The van der Waals surface area contributed by atoms with Gasteiger partial charge in [0.2, 0.25) is 0 Å². The summed E-state index contributed by atoms with van der Waals surface area (Å²) in [6.45, 7) is 0. The molecule has 0 atom stereocenters. The Balaban J connectivity index is 2.18. The molecule has 0 aliphatic heterocycles. The minimum absolute atomic E-state index is 0.0193. The zero-order chi connectivity index (χ0) is 11.5. The third kappa shape index (κ3) is 2.46. The molecule has 0 bridgehead atoms. The normalized spacial score (nSPS) is 10.4. The van der Waals surface area contributed by atoms with Crippen LogP contribution in [0, 0.1) is 5.82 Å². The molecule has 2 rings (SSSR count). The fourth-order valence-electron chi connectivity index (χ4n) is 1.25. The summed E-state index contributed by atoms with van der Waals surface area (Å²) in [5.41, 5.74) is 0.317. The molecule has 0 aliphatic rings. The summed E-state index contributed by atoms with van der Waals surface area (Å²) in [5, 5.41) is 2.54. The molecule has 0 spiro atoms. The van der Waals surface area contributed by atoms with E-state index >= 15 is 0 Å². The number of carbonyl (C=O) groups is 1. The maximum atomic E-state index is 13.1. The SMILES string of the molecule is O=C(Cc1nccs1)c1ccc(Cl)c(F)c1. The van der Waals surface area contributed by atoms with Crippen molar-refractivity contribution in [3.63, 3.8) is 0 Å². The second-order valence-corrected chi connectivity index (χ2v) is 4.54. The van der Waals surface area contributed by atoms with E-state index in [2.05, 4.69) is 4.98 Å². The Hall–Kier alpha value is -1.26. The third-order valence-electron chi connectivity index (χ3n) is 2.04. The number of halogens is 2. The molecule has 0 unspecified atom stereocenters. The number of hydrogen-bond donors (Lipinski definition) is 0. The molecule has 2 aromatic rings. The van der Waals surface area contributed by atoms with E-state index in [4.69, 9.17) is 11.6 Å². The Labute approximate surface area is 101 Å². The molecule has 1 heterocycles. The van der Waals surface area contributed by atoms with Crippen LogP contribution < -0.4 is 0 Å². The number of thiazole rings is 1. The lowest BCUT2D eigenvalue weighted by Gasteiger charge is -2.00. The number of ketones is 1. The van der Waals surface area contributed by atoms with E-state index in [1.165, 1.54) is 23.5 Å². The summed E-state index contributed by atoms with van der Waals surface area (Å²) < 4.78 is 13.1. The highest BCUT2D eigenvalue weighted by Gasteiger charge is 2.10. The fourth-order valence-corrected chi connectivity index (χ4v) is 1.98. The minimum Gasteiger partial charge on any atom is -0.294 e. The summed E-state index contributed by atoms with van der Waals surface area (Å²) in [4.78, 5) is 15.7. The average Bonchev–Trinajstić information content (AvgIpc) is 2.74. The molecule has 0 fully saturated rings. The highest BCUT2D eigenvalue weighted by atomic mass is 35.5.